The Balaban J connectivity index is 1.59. The van der Waals surface area contributed by atoms with Gasteiger partial charge in [-0.25, -0.2) is 13.4 Å². The molecule has 182 valence electrons. The summed E-state index contributed by atoms with van der Waals surface area (Å²) in [6.45, 7) is 7.43. The number of rotatable bonds is 8. The summed E-state index contributed by atoms with van der Waals surface area (Å²) in [6.07, 6.45) is 0. The maximum Gasteiger partial charge on any atom is 0.261 e. The molecule has 3 aromatic carbocycles. The van der Waals surface area contributed by atoms with Crippen LogP contribution in [0.1, 0.15) is 38.1 Å². The van der Waals surface area contributed by atoms with E-state index in [2.05, 4.69) is 10.3 Å². The highest BCUT2D eigenvalue weighted by Crippen LogP contribution is 2.31. The molecular formula is C26H27N3O4S2. The lowest BCUT2D eigenvalue weighted by atomic mass is 10.2. The number of thiazole rings is 1. The number of ether oxygens (including phenoxy) is 1. The van der Waals surface area contributed by atoms with Crippen molar-refractivity contribution < 1.29 is 17.9 Å². The number of anilines is 1. The number of nitrogens with zero attached hydrogens (tertiary/aromatic N) is 2. The van der Waals surface area contributed by atoms with E-state index in [9.17, 15) is 13.2 Å². The first-order valence-electron chi connectivity index (χ1n) is 11.2. The second-order valence-electron chi connectivity index (χ2n) is 8.54. The number of nitrogens with one attached hydrogen (secondary N) is 1. The molecule has 0 fully saturated rings. The first-order valence-corrected chi connectivity index (χ1v) is 13.5. The van der Waals surface area contributed by atoms with Crippen LogP contribution >= 0.6 is 11.3 Å². The molecule has 1 aromatic heterocycles. The maximum atomic E-state index is 13.2. The molecule has 9 heteroatoms. The number of sulfonamides is 1. The van der Waals surface area contributed by atoms with E-state index in [0.717, 1.165) is 0 Å². The van der Waals surface area contributed by atoms with E-state index in [1.807, 2.05) is 58.0 Å². The number of fused-ring (bicyclic) bond motifs is 1. The Labute approximate surface area is 209 Å². The molecule has 1 amide bonds. The molecule has 0 bridgehead atoms. The van der Waals surface area contributed by atoms with Crippen LogP contribution in [0.5, 0.6) is 11.5 Å². The lowest BCUT2D eigenvalue weighted by molar-refractivity contribution is 0.102. The quantitative estimate of drug-likeness (QED) is 0.308. The largest absolute Gasteiger partial charge is 0.457 e. The van der Waals surface area contributed by atoms with Crippen LogP contribution in [-0.4, -0.2) is 35.7 Å². The summed E-state index contributed by atoms with van der Waals surface area (Å²) < 4.78 is 34.5. The lowest BCUT2D eigenvalue weighted by Gasteiger charge is -2.29. The van der Waals surface area contributed by atoms with Gasteiger partial charge >= 0.3 is 0 Å². The number of carbonyl (C=O) groups is 1. The Morgan fingerprint density at radius 3 is 2.29 bits per heavy atom. The molecule has 4 rings (SSSR count). The topological polar surface area (TPSA) is 88.6 Å². The van der Waals surface area contributed by atoms with Crippen molar-refractivity contribution in [2.45, 2.75) is 44.7 Å². The smallest absolute Gasteiger partial charge is 0.261 e. The van der Waals surface area contributed by atoms with Crippen molar-refractivity contribution in [2.24, 2.45) is 0 Å². The lowest BCUT2D eigenvalue weighted by Crippen LogP contribution is -2.41. The zero-order valence-electron chi connectivity index (χ0n) is 19.9. The summed E-state index contributed by atoms with van der Waals surface area (Å²) in [5.74, 6) is 0.681. The normalized spacial score (nSPS) is 12.0. The molecule has 35 heavy (non-hydrogen) atoms. The second kappa shape index (κ2) is 10.2. The van der Waals surface area contributed by atoms with Gasteiger partial charge in [-0.2, -0.15) is 4.31 Å². The minimum Gasteiger partial charge on any atom is -0.457 e. The number of aromatic nitrogens is 1. The van der Waals surface area contributed by atoms with Crippen LogP contribution in [0.2, 0.25) is 0 Å². The Morgan fingerprint density at radius 1 is 0.943 bits per heavy atom. The van der Waals surface area contributed by atoms with Gasteiger partial charge in [0.15, 0.2) is 5.13 Å². The van der Waals surface area contributed by atoms with Crippen molar-refractivity contribution in [2.75, 3.05) is 5.32 Å². The van der Waals surface area contributed by atoms with Gasteiger partial charge in [0.25, 0.3) is 5.91 Å². The van der Waals surface area contributed by atoms with E-state index in [0.29, 0.717) is 32.4 Å². The van der Waals surface area contributed by atoms with Gasteiger partial charge in [-0.3, -0.25) is 10.1 Å². The number of para-hydroxylation sites is 2. The van der Waals surface area contributed by atoms with Crippen LogP contribution in [0.4, 0.5) is 5.13 Å². The summed E-state index contributed by atoms with van der Waals surface area (Å²) in [5, 5.41) is 3.19. The molecule has 0 unspecified atom stereocenters. The van der Waals surface area contributed by atoms with E-state index in [-0.39, 0.29) is 22.9 Å². The molecule has 0 radical (unpaired) electrons. The van der Waals surface area contributed by atoms with Gasteiger partial charge in [0.1, 0.15) is 11.5 Å². The molecule has 0 spiro atoms. The average Bonchev–Trinajstić information content (AvgIpc) is 3.20. The maximum absolute atomic E-state index is 13.2. The van der Waals surface area contributed by atoms with E-state index in [1.165, 1.54) is 15.6 Å². The molecule has 0 saturated heterocycles. The first kappa shape index (κ1) is 24.8. The average molecular weight is 510 g/mol. The highest BCUT2D eigenvalue weighted by Gasteiger charge is 2.29. The second-order valence-corrected chi connectivity index (χ2v) is 11.4. The monoisotopic (exact) mass is 509 g/mol. The highest BCUT2D eigenvalue weighted by atomic mass is 32.2. The van der Waals surface area contributed by atoms with Gasteiger partial charge < -0.3 is 4.74 Å². The van der Waals surface area contributed by atoms with E-state index < -0.39 is 10.0 Å². The Kier molecular flexibility index (Phi) is 7.20. The summed E-state index contributed by atoms with van der Waals surface area (Å²) in [7, 11) is -3.67. The van der Waals surface area contributed by atoms with Crippen molar-refractivity contribution in [3.8, 4) is 11.5 Å². The molecule has 0 saturated carbocycles. The van der Waals surface area contributed by atoms with Gasteiger partial charge in [0, 0.05) is 12.1 Å². The van der Waals surface area contributed by atoms with Crippen LogP contribution in [0.15, 0.2) is 77.7 Å². The van der Waals surface area contributed by atoms with Crippen LogP contribution in [0.25, 0.3) is 10.2 Å². The van der Waals surface area contributed by atoms with Crippen LogP contribution in [0, 0.1) is 0 Å². The number of hydrogen-bond donors (Lipinski definition) is 1. The molecule has 0 aliphatic carbocycles. The van der Waals surface area contributed by atoms with E-state index in [4.69, 9.17) is 4.74 Å². The summed E-state index contributed by atoms with van der Waals surface area (Å²) in [6, 6.07) is 20.7. The van der Waals surface area contributed by atoms with Crippen LogP contribution in [-0.2, 0) is 10.0 Å². The van der Waals surface area contributed by atoms with Crippen molar-refractivity contribution in [1.29, 1.82) is 0 Å². The third-order valence-electron chi connectivity index (χ3n) is 5.28. The standard InChI is InChI=1S/C26H27N3O4S2/c1-17(2)29(18(3)4)35(31,32)20-14-15-22-24(16-20)34-26(27-22)28-25(30)21-12-8-9-13-23(21)33-19-10-6-5-7-11-19/h5-18H,1-4H3,(H,27,28,30). The molecular weight excluding hydrogens is 482 g/mol. The van der Waals surface area contributed by atoms with Crippen molar-refractivity contribution in [3.63, 3.8) is 0 Å². The first-order chi connectivity index (χ1) is 16.7. The minimum atomic E-state index is -3.67. The number of amides is 1. The third-order valence-corrected chi connectivity index (χ3v) is 8.46. The van der Waals surface area contributed by atoms with Crippen molar-refractivity contribution in [3.05, 3.63) is 78.4 Å². The summed E-state index contributed by atoms with van der Waals surface area (Å²) >= 11 is 1.22. The third kappa shape index (κ3) is 5.37. The van der Waals surface area contributed by atoms with Gasteiger partial charge in [-0.05, 0) is 70.2 Å². The van der Waals surface area contributed by atoms with Crippen LogP contribution in [0.3, 0.4) is 0 Å². The van der Waals surface area contributed by atoms with Crippen molar-refractivity contribution in [1.82, 2.24) is 9.29 Å². The molecule has 0 atom stereocenters. The number of hydrogen-bond acceptors (Lipinski definition) is 6. The summed E-state index contributed by atoms with van der Waals surface area (Å²) in [4.78, 5) is 17.7. The van der Waals surface area contributed by atoms with Gasteiger partial charge in [-0.15, -0.1) is 0 Å². The SMILES string of the molecule is CC(C)N(C(C)C)S(=O)(=O)c1ccc2nc(NC(=O)c3ccccc3Oc3ccccc3)sc2c1. The fourth-order valence-electron chi connectivity index (χ4n) is 3.92. The van der Waals surface area contributed by atoms with Gasteiger partial charge in [-0.1, -0.05) is 41.7 Å². The zero-order chi connectivity index (χ0) is 25.2. The molecule has 0 aliphatic heterocycles. The Bertz CT molecular complexity index is 1440. The Morgan fingerprint density at radius 2 is 1.60 bits per heavy atom. The zero-order valence-corrected chi connectivity index (χ0v) is 21.6. The molecule has 4 aromatic rings. The van der Waals surface area contributed by atoms with Crippen molar-refractivity contribution >= 4 is 42.6 Å². The predicted molar refractivity (Wildman–Crippen MR) is 140 cm³/mol. The fraction of sp³-hybridized carbons (Fsp3) is 0.231. The number of carbonyl (C=O) groups excluding carboxylic acids is 1. The predicted octanol–water partition coefficient (Wildman–Crippen LogP) is 6.15. The fourth-order valence-corrected chi connectivity index (χ4v) is 6.75. The summed E-state index contributed by atoms with van der Waals surface area (Å²) in [5.41, 5.74) is 0.974. The molecule has 1 N–H and O–H groups in total. The Hall–Kier alpha value is -3.27. The van der Waals surface area contributed by atoms with Gasteiger partial charge in [0.05, 0.1) is 20.7 Å². The highest BCUT2D eigenvalue weighted by molar-refractivity contribution is 7.89. The molecule has 7 nitrogen and oxygen atoms in total. The minimum absolute atomic E-state index is 0.176. The number of benzene rings is 3. The van der Waals surface area contributed by atoms with E-state index in [1.54, 1.807) is 42.5 Å². The van der Waals surface area contributed by atoms with Gasteiger partial charge in [0.2, 0.25) is 10.0 Å². The van der Waals surface area contributed by atoms with E-state index >= 15 is 0 Å². The molecule has 1 heterocycles. The van der Waals surface area contributed by atoms with Crippen LogP contribution < -0.4 is 10.1 Å². The molecule has 0 aliphatic rings.